The molecular weight excluding hydrogens is 142 g/mol. The van der Waals surface area contributed by atoms with E-state index in [1.807, 2.05) is 0 Å². The van der Waals surface area contributed by atoms with Gasteiger partial charge in [-0.15, -0.1) is 0 Å². The van der Waals surface area contributed by atoms with Crippen molar-refractivity contribution in [3.05, 3.63) is 18.5 Å². The molecule has 0 fully saturated rings. The van der Waals surface area contributed by atoms with Gasteiger partial charge < -0.3 is 4.98 Å². The smallest absolute Gasteiger partial charge is 0.296 e. The second-order valence-corrected chi connectivity index (χ2v) is 2.77. The predicted molar refractivity (Wildman–Crippen MR) is 28.3 cm³/mol. The SMILES string of the molecule is O=S(=O)(O)c1[c][nH][c]c1. The van der Waals surface area contributed by atoms with Gasteiger partial charge in [-0.2, -0.15) is 8.42 Å². The molecule has 2 N–H and O–H groups in total. The van der Waals surface area contributed by atoms with Crippen LogP contribution in [0.15, 0.2) is 11.0 Å². The monoisotopic (exact) mass is 145 g/mol. The molecule has 0 aliphatic rings. The van der Waals surface area contributed by atoms with Crippen molar-refractivity contribution in [1.82, 2.24) is 4.98 Å². The number of hydrogen-bond acceptors (Lipinski definition) is 2. The first-order valence-electron chi connectivity index (χ1n) is 2.05. The average Bonchev–Trinajstić information content (AvgIpc) is 2.08. The summed E-state index contributed by atoms with van der Waals surface area (Å²) in [6, 6.07) is 1.09. The number of aromatic nitrogens is 1. The van der Waals surface area contributed by atoms with Gasteiger partial charge in [0.05, 0.1) is 12.4 Å². The first-order valence-corrected chi connectivity index (χ1v) is 3.49. The molecule has 1 heterocycles. The Hall–Kier alpha value is -0.810. The number of aromatic amines is 1. The van der Waals surface area contributed by atoms with E-state index < -0.39 is 10.1 Å². The molecule has 1 aromatic heterocycles. The van der Waals surface area contributed by atoms with Gasteiger partial charge in [0.15, 0.2) is 0 Å². The second-order valence-electron chi connectivity index (χ2n) is 1.38. The highest BCUT2D eigenvalue weighted by atomic mass is 32.2. The summed E-state index contributed by atoms with van der Waals surface area (Å²) in [5.74, 6) is 0. The third kappa shape index (κ3) is 1.30. The molecule has 0 saturated carbocycles. The Bertz CT molecular complexity index is 273. The molecule has 4 nitrogen and oxygen atoms in total. The first-order chi connectivity index (χ1) is 4.11. The summed E-state index contributed by atoms with van der Waals surface area (Å²) in [5, 5.41) is 0. The molecule has 0 amide bonds. The van der Waals surface area contributed by atoms with E-state index in [0.29, 0.717) is 0 Å². The van der Waals surface area contributed by atoms with E-state index in [-0.39, 0.29) is 4.90 Å². The zero-order chi connectivity index (χ0) is 6.91. The summed E-state index contributed by atoms with van der Waals surface area (Å²) in [4.78, 5) is 1.96. The predicted octanol–water partition coefficient (Wildman–Crippen LogP) is -0.138. The Kier molecular flexibility index (Phi) is 1.30. The summed E-state index contributed by atoms with van der Waals surface area (Å²) >= 11 is 0. The van der Waals surface area contributed by atoms with Crippen molar-refractivity contribution in [3.8, 4) is 0 Å². The molecule has 9 heavy (non-hydrogen) atoms. The highest BCUT2D eigenvalue weighted by molar-refractivity contribution is 7.85. The van der Waals surface area contributed by atoms with Gasteiger partial charge in [-0.3, -0.25) is 4.55 Å². The lowest BCUT2D eigenvalue weighted by molar-refractivity contribution is 0.483. The first kappa shape index (κ1) is 6.31. The van der Waals surface area contributed by atoms with Crippen LogP contribution in [0.25, 0.3) is 0 Å². The van der Waals surface area contributed by atoms with Gasteiger partial charge in [0.1, 0.15) is 4.90 Å². The maximum Gasteiger partial charge on any atom is 0.296 e. The fourth-order valence-corrected chi connectivity index (χ4v) is 0.762. The lowest BCUT2D eigenvalue weighted by atomic mass is 10.7. The molecule has 0 unspecified atom stereocenters. The van der Waals surface area contributed by atoms with Gasteiger partial charge >= 0.3 is 0 Å². The normalized spacial score (nSPS) is 11.7. The zero-order valence-corrected chi connectivity index (χ0v) is 5.07. The molecule has 5 heteroatoms. The van der Waals surface area contributed by atoms with Crippen molar-refractivity contribution in [2.45, 2.75) is 4.90 Å². The fourth-order valence-electron chi connectivity index (χ4n) is 0.374. The highest BCUT2D eigenvalue weighted by Gasteiger charge is 2.08. The third-order valence-electron chi connectivity index (χ3n) is 0.739. The Balaban J connectivity index is 3.20. The number of rotatable bonds is 1. The number of hydrogen-bond donors (Lipinski definition) is 2. The lowest BCUT2D eigenvalue weighted by Crippen LogP contribution is -1.94. The van der Waals surface area contributed by atoms with Crippen molar-refractivity contribution in [1.29, 1.82) is 0 Å². The fraction of sp³-hybridized carbons (Fsp3) is 0. The van der Waals surface area contributed by atoms with Crippen LogP contribution in [0, 0.1) is 12.4 Å². The van der Waals surface area contributed by atoms with Gasteiger partial charge in [-0.1, -0.05) is 0 Å². The summed E-state index contributed by atoms with van der Waals surface area (Å²) < 4.78 is 28.6. The van der Waals surface area contributed by atoms with E-state index >= 15 is 0 Å². The van der Waals surface area contributed by atoms with Gasteiger partial charge in [-0.25, -0.2) is 0 Å². The molecule has 0 aliphatic heterocycles. The van der Waals surface area contributed by atoms with Crippen LogP contribution in [0.2, 0.25) is 0 Å². The number of H-pyrrole nitrogens is 1. The standard InChI is InChI=1S/C4H3NO3S/c6-9(7,8)4-1-2-5-3-4/h1,5H,(H,6,7,8). The molecule has 0 atom stereocenters. The quantitative estimate of drug-likeness (QED) is 0.540. The van der Waals surface area contributed by atoms with Crippen LogP contribution < -0.4 is 0 Å². The van der Waals surface area contributed by atoms with Crippen molar-refractivity contribution in [2.75, 3.05) is 0 Å². The van der Waals surface area contributed by atoms with Crippen molar-refractivity contribution >= 4 is 10.1 Å². The van der Waals surface area contributed by atoms with E-state index in [2.05, 4.69) is 17.4 Å². The molecule has 0 bridgehead atoms. The van der Waals surface area contributed by atoms with E-state index in [1.165, 1.54) is 0 Å². The highest BCUT2D eigenvalue weighted by Crippen LogP contribution is 2.02. The lowest BCUT2D eigenvalue weighted by Gasteiger charge is -1.84. The van der Waals surface area contributed by atoms with E-state index in [0.717, 1.165) is 6.07 Å². The molecule has 1 rings (SSSR count). The summed E-state index contributed by atoms with van der Waals surface area (Å²) in [6.07, 6.45) is 4.48. The van der Waals surface area contributed by atoms with Crippen molar-refractivity contribution in [2.24, 2.45) is 0 Å². The van der Waals surface area contributed by atoms with Crippen LogP contribution in [-0.2, 0) is 10.1 Å². The summed E-state index contributed by atoms with van der Waals surface area (Å²) in [5.41, 5.74) is 0. The minimum absolute atomic E-state index is 0.289. The van der Waals surface area contributed by atoms with Crippen LogP contribution in [0.4, 0.5) is 0 Å². The largest absolute Gasteiger partial charge is 0.351 e. The van der Waals surface area contributed by atoms with Crippen LogP contribution in [0.5, 0.6) is 0 Å². The molecule has 48 valence electrons. The Morgan fingerprint density at radius 2 is 2.33 bits per heavy atom. The molecular formula is C4H3NO3S. The van der Waals surface area contributed by atoms with E-state index in [9.17, 15) is 8.42 Å². The van der Waals surface area contributed by atoms with Crippen molar-refractivity contribution in [3.63, 3.8) is 0 Å². The molecule has 0 aliphatic carbocycles. The van der Waals surface area contributed by atoms with Crippen LogP contribution in [-0.4, -0.2) is 18.0 Å². The third-order valence-corrected chi connectivity index (χ3v) is 1.51. The minimum atomic E-state index is -4.08. The van der Waals surface area contributed by atoms with Gasteiger partial charge in [0.2, 0.25) is 0 Å². The summed E-state index contributed by atoms with van der Waals surface area (Å²) in [6.45, 7) is 0. The Morgan fingerprint density at radius 3 is 2.56 bits per heavy atom. The zero-order valence-electron chi connectivity index (χ0n) is 4.25. The minimum Gasteiger partial charge on any atom is -0.351 e. The Morgan fingerprint density at radius 1 is 1.67 bits per heavy atom. The van der Waals surface area contributed by atoms with Gasteiger partial charge in [0, 0.05) is 0 Å². The van der Waals surface area contributed by atoms with Crippen LogP contribution in [0.1, 0.15) is 0 Å². The Labute approximate surface area is 52.3 Å². The van der Waals surface area contributed by atoms with Gasteiger partial charge in [0.25, 0.3) is 10.1 Å². The van der Waals surface area contributed by atoms with Crippen LogP contribution >= 0.6 is 0 Å². The molecule has 0 saturated heterocycles. The summed E-state index contributed by atoms with van der Waals surface area (Å²) in [7, 11) is -4.08. The van der Waals surface area contributed by atoms with Gasteiger partial charge in [-0.05, 0) is 6.07 Å². The van der Waals surface area contributed by atoms with Crippen LogP contribution in [0.3, 0.4) is 0 Å². The van der Waals surface area contributed by atoms with E-state index in [1.54, 1.807) is 0 Å². The molecule has 0 aromatic carbocycles. The molecule has 2 radical (unpaired) electrons. The average molecular weight is 145 g/mol. The number of nitrogens with one attached hydrogen (secondary N) is 1. The second kappa shape index (κ2) is 1.85. The maximum atomic E-state index is 10.2. The van der Waals surface area contributed by atoms with Crippen molar-refractivity contribution < 1.29 is 13.0 Å². The topological polar surface area (TPSA) is 70.2 Å². The molecule has 0 spiro atoms. The van der Waals surface area contributed by atoms with E-state index in [4.69, 9.17) is 4.55 Å². The molecule has 1 aromatic rings. The maximum absolute atomic E-state index is 10.2.